The molecule has 4 saturated carbocycles. The van der Waals surface area contributed by atoms with Gasteiger partial charge in [-0.3, -0.25) is 4.79 Å². The van der Waals surface area contributed by atoms with Gasteiger partial charge in [-0.25, -0.2) is 0 Å². The molecule has 30 heavy (non-hydrogen) atoms. The molecule has 0 aromatic heterocycles. The average molecular weight is 411 g/mol. The molecule has 1 aromatic carbocycles. The van der Waals surface area contributed by atoms with E-state index in [1.165, 1.54) is 50.6 Å². The normalized spacial score (nSPS) is 35.7. The molecule has 1 saturated heterocycles. The fourth-order valence-electron chi connectivity index (χ4n) is 7.72. The zero-order chi connectivity index (χ0) is 20.7. The Hall–Kier alpha value is -1.55. The van der Waals surface area contributed by atoms with Crippen LogP contribution < -0.4 is 4.74 Å². The summed E-state index contributed by atoms with van der Waals surface area (Å²) in [4.78, 5) is 17.5. The van der Waals surface area contributed by atoms with Crippen molar-refractivity contribution in [3.8, 4) is 5.75 Å². The number of benzene rings is 1. The molecule has 1 amide bonds. The Kier molecular flexibility index (Phi) is 5.55. The molecule has 4 nitrogen and oxygen atoms in total. The zero-order valence-electron chi connectivity index (χ0n) is 18.8. The summed E-state index contributed by atoms with van der Waals surface area (Å²) in [6.07, 6.45) is 11.8. The standard InChI is InChI=1S/C26H38N2O2/c1-27(18-26-14-20-11-21(15-26)13-22(12-20)16-26)23-5-8-25(29)28(10-9-23)17-19-3-6-24(30-2)7-4-19/h3-4,6-7,20-23H,5,8-18H2,1-2H3/t20?,21?,22?,23-,26?/m1/s1. The Morgan fingerprint density at radius 2 is 1.67 bits per heavy atom. The van der Waals surface area contributed by atoms with Crippen LogP contribution in [0.3, 0.4) is 0 Å². The van der Waals surface area contributed by atoms with Crippen molar-refractivity contribution in [3.05, 3.63) is 29.8 Å². The van der Waals surface area contributed by atoms with E-state index in [2.05, 4.69) is 29.0 Å². The molecule has 1 aliphatic heterocycles. The van der Waals surface area contributed by atoms with E-state index < -0.39 is 0 Å². The van der Waals surface area contributed by atoms with Gasteiger partial charge in [0.1, 0.15) is 5.75 Å². The first-order valence-corrected chi connectivity index (χ1v) is 12.1. The lowest BCUT2D eigenvalue weighted by molar-refractivity contribution is -0.131. The number of hydrogen-bond acceptors (Lipinski definition) is 3. The lowest BCUT2D eigenvalue weighted by atomic mass is 9.49. The fourth-order valence-corrected chi connectivity index (χ4v) is 7.72. The molecule has 4 bridgehead atoms. The summed E-state index contributed by atoms with van der Waals surface area (Å²) >= 11 is 0. The summed E-state index contributed by atoms with van der Waals surface area (Å²) in [5.74, 6) is 4.23. The maximum atomic E-state index is 12.8. The number of carbonyl (C=O) groups is 1. The van der Waals surface area contributed by atoms with Crippen LogP contribution in [-0.2, 0) is 11.3 Å². The van der Waals surface area contributed by atoms with Crippen LogP contribution in [0.4, 0.5) is 0 Å². The van der Waals surface area contributed by atoms with Crippen molar-refractivity contribution in [2.24, 2.45) is 23.2 Å². The van der Waals surface area contributed by atoms with Crippen molar-refractivity contribution in [1.82, 2.24) is 9.80 Å². The van der Waals surface area contributed by atoms with Gasteiger partial charge in [0.15, 0.2) is 0 Å². The zero-order valence-corrected chi connectivity index (χ0v) is 18.8. The molecule has 0 spiro atoms. The molecule has 4 heteroatoms. The fraction of sp³-hybridized carbons (Fsp3) is 0.731. The highest BCUT2D eigenvalue weighted by atomic mass is 16.5. The third kappa shape index (κ3) is 4.12. The van der Waals surface area contributed by atoms with Crippen molar-refractivity contribution in [1.29, 1.82) is 0 Å². The smallest absolute Gasteiger partial charge is 0.222 e. The third-order valence-corrected chi connectivity index (χ3v) is 8.68. The van der Waals surface area contributed by atoms with Crippen molar-refractivity contribution in [2.75, 3.05) is 27.2 Å². The van der Waals surface area contributed by atoms with E-state index in [1.807, 2.05) is 12.1 Å². The van der Waals surface area contributed by atoms with Crippen molar-refractivity contribution in [2.45, 2.75) is 70.4 Å². The summed E-state index contributed by atoms with van der Waals surface area (Å²) in [7, 11) is 4.03. The minimum Gasteiger partial charge on any atom is -0.497 e. The van der Waals surface area contributed by atoms with Crippen molar-refractivity contribution in [3.63, 3.8) is 0 Å². The highest BCUT2D eigenvalue weighted by Gasteiger charge is 2.51. The summed E-state index contributed by atoms with van der Waals surface area (Å²) in [6, 6.07) is 8.67. The van der Waals surface area contributed by atoms with Gasteiger partial charge in [-0.1, -0.05) is 12.1 Å². The monoisotopic (exact) mass is 410 g/mol. The highest BCUT2D eigenvalue weighted by molar-refractivity contribution is 5.76. The van der Waals surface area contributed by atoms with Crippen LogP contribution in [0.2, 0.25) is 0 Å². The number of hydrogen-bond donors (Lipinski definition) is 0. The van der Waals surface area contributed by atoms with Gasteiger partial charge in [-0.05, 0) is 99.3 Å². The quantitative estimate of drug-likeness (QED) is 0.680. The predicted molar refractivity (Wildman–Crippen MR) is 119 cm³/mol. The molecule has 5 aliphatic rings. The van der Waals surface area contributed by atoms with E-state index in [9.17, 15) is 4.79 Å². The number of ether oxygens (including phenoxy) is 1. The maximum absolute atomic E-state index is 12.8. The number of methoxy groups -OCH3 is 1. The van der Waals surface area contributed by atoms with E-state index in [1.54, 1.807) is 7.11 Å². The number of nitrogens with zero attached hydrogens (tertiary/aromatic N) is 2. The number of rotatable bonds is 6. The molecule has 1 atom stereocenters. The summed E-state index contributed by atoms with van der Waals surface area (Å²) < 4.78 is 5.25. The Bertz CT molecular complexity index is 724. The van der Waals surface area contributed by atoms with Gasteiger partial charge in [-0.15, -0.1) is 0 Å². The van der Waals surface area contributed by atoms with Gasteiger partial charge in [0, 0.05) is 32.1 Å². The Morgan fingerprint density at radius 3 is 2.27 bits per heavy atom. The molecule has 1 heterocycles. The molecule has 164 valence electrons. The third-order valence-electron chi connectivity index (χ3n) is 8.68. The molecular formula is C26H38N2O2. The van der Waals surface area contributed by atoms with E-state index in [0.717, 1.165) is 42.9 Å². The molecule has 6 rings (SSSR count). The van der Waals surface area contributed by atoms with Crippen LogP contribution in [0.1, 0.15) is 63.4 Å². The first kappa shape index (κ1) is 20.4. The van der Waals surface area contributed by atoms with E-state index >= 15 is 0 Å². The van der Waals surface area contributed by atoms with Crippen LogP contribution in [0.25, 0.3) is 0 Å². The summed E-state index contributed by atoms with van der Waals surface area (Å²) in [5.41, 5.74) is 1.77. The van der Waals surface area contributed by atoms with E-state index in [0.29, 0.717) is 30.3 Å². The van der Waals surface area contributed by atoms with Gasteiger partial charge in [0.25, 0.3) is 0 Å². The van der Waals surface area contributed by atoms with E-state index in [4.69, 9.17) is 4.74 Å². The molecule has 4 aliphatic carbocycles. The van der Waals surface area contributed by atoms with Gasteiger partial charge >= 0.3 is 0 Å². The highest BCUT2D eigenvalue weighted by Crippen LogP contribution is 2.60. The number of carbonyl (C=O) groups excluding carboxylic acids is 1. The second-order valence-corrected chi connectivity index (χ2v) is 11.0. The summed E-state index contributed by atoms with van der Waals surface area (Å²) in [5, 5.41) is 0. The SMILES string of the molecule is COc1ccc(CN2CC[C@H](N(C)CC34CC5CC(CC(C5)C3)C4)CCC2=O)cc1. The molecular weight excluding hydrogens is 372 g/mol. The maximum Gasteiger partial charge on any atom is 0.222 e. The van der Waals surface area contributed by atoms with Crippen LogP contribution in [0.5, 0.6) is 5.75 Å². The average Bonchev–Trinajstić information content (AvgIpc) is 2.89. The Morgan fingerprint density at radius 1 is 1.03 bits per heavy atom. The molecule has 0 unspecified atom stereocenters. The second kappa shape index (κ2) is 8.18. The van der Waals surface area contributed by atoms with Gasteiger partial charge < -0.3 is 14.5 Å². The van der Waals surface area contributed by atoms with Gasteiger partial charge in [0.05, 0.1) is 7.11 Å². The number of amides is 1. The minimum absolute atomic E-state index is 0.316. The summed E-state index contributed by atoms with van der Waals surface area (Å²) in [6.45, 7) is 2.85. The molecule has 1 aromatic rings. The number of likely N-dealkylation sites (tertiary alicyclic amines) is 1. The lowest BCUT2D eigenvalue weighted by Crippen LogP contribution is -2.52. The van der Waals surface area contributed by atoms with Crippen LogP contribution in [0, 0.1) is 23.2 Å². The Balaban J connectivity index is 1.19. The van der Waals surface area contributed by atoms with E-state index in [-0.39, 0.29) is 0 Å². The lowest BCUT2D eigenvalue weighted by Gasteiger charge is -2.58. The van der Waals surface area contributed by atoms with Crippen molar-refractivity contribution >= 4 is 5.91 Å². The first-order valence-electron chi connectivity index (χ1n) is 12.1. The largest absolute Gasteiger partial charge is 0.497 e. The van der Waals surface area contributed by atoms with Crippen LogP contribution in [0.15, 0.2) is 24.3 Å². The second-order valence-electron chi connectivity index (χ2n) is 11.0. The topological polar surface area (TPSA) is 32.8 Å². The molecule has 0 radical (unpaired) electrons. The molecule has 5 fully saturated rings. The Labute approximate surface area is 182 Å². The van der Waals surface area contributed by atoms with Gasteiger partial charge in [0.2, 0.25) is 5.91 Å². The van der Waals surface area contributed by atoms with Crippen LogP contribution in [-0.4, -0.2) is 49.0 Å². The van der Waals surface area contributed by atoms with Gasteiger partial charge in [-0.2, -0.15) is 0 Å². The first-order chi connectivity index (χ1) is 14.5. The minimum atomic E-state index is 0.316. The van der Waals surface area contributed by atoms with Crippen molar-refractivity contribution < 1.29 is 9.53 Å². The predicted octanol–water partition coefficient (Wildman–Crippen LogP) is 4.72. The molecule has 0 N–H and O–H groups in total. The van der Waals surface area contributed by atoms with Crippen LogP contribution >= 0.6 is 0 Å².